The Morgan fingerprint density at radius 3 is 2.30 bits per heavy atom. The zero-order chi connectivity index (χ0) is 17.2. The topological polar surface area (TPSA) is 89.1 Å². The normalized spacial score (nSPS) is 11.2. The first-order valence-electron chi connectivity index (χ1n) is 6.92. The Balaban J connectivity index is 2.40. The van der Waals surface area contributed by atoms with Crippen molar-refractivity contribution in [3.63, 3.8) is 0 Å². The second-order valence-corrected chi connectivity index (χ2v) is 6.32. The van der Waals surface area contributed by atoms with Crippen LogP contribution in [0.3, 0.4) is 0 Å². The number of benzene rings is 1. The highest BCUT2D eigenvalue weighted by molar-refractivity contribution is 6.32. The van der Waals surface area contributed by atoms with Crippen LogP contribution in [0.5, 0.6) is 11.5 Å². The monoisotopic (exact) mass is 338 g/mol. The van der Waals surface area contributed by atoms with Gasteiger partial charge in [-0.15, -0.1) is 10.2 Å². The highest BCUT2D eigenvalue weighted by Crippen LogP contribution is 2.36. The molecule has 0 atom stereocenters. The van der Waals surface area contributed by atoms with E-state index in [-0.39, 0.29) is 16.9 Å². The van der Waals surface area contributed by atoms with E-state index in [1.165, 1.54) is 14.2 Å². The molecule has 1 aromatic heterocycles. The lowest BCUT2D eigenvalue weighted by Gasteiger charge is -2.16. The number of halogens is 1. The molecule has 0 fully saturated rings. The summed E-state index contributed by atoms with van der Waals surface area (Å²) >= 11 is 6.06. The lowest BCUT2D eigenvalue weighted by molar-refractivity contribution is 0.405. The van der Waals surface area contributed by atoms with Crippen LogP contribution in [0.15, 0.2) is 16.9 Å². The van der Waals surface area contributed by atoms with Crippen molar-refractivity contribution in [3.8, 4) is 11.5 Å². The van der Waals surface area contributed by atoms with Gasteiger partial charge < -0.3 is 14.8 Å². The number of nitrogens with one attached hydrogen (secondary N) is 2. The van der Waals surface area contributed by atoms with E-state index in [9.17, 15) is 4.79 Å². The lowest BCUT2D eigenvalue weighted by atomic mass is 9.93. The fourth-order valence-electron chi connectivity index (χ4n) is 1.97. The van der Waals surface area contributed by atoms with Crippen LogP contribution < -0.4 is 20.3 Å². The largest absolute Gasteiger partial charge is 0.495 e. The van der Waals surface area contributed by atoms with Crippen molar-refractivity contribution in [1.29, 1.82) is 0 Å². The number of ether oxygens (including phenoxy) is 2. The summed E-state index contributed by atoms with van der Waals surface area (Å²) in [7, 11) is 3.03. The number of aromatic nitrogens is 3. The van der Waals surface area contributed by atoms with Gasteiger partial charge in [0.05, 0.1) is 24.9 Å². The zero-order valence-corrected chi connectivity index (χ0v) is 14.4. The maximum Gasteiger partial charge on any atom is 0.274 e. The Kier molecular flexibility index (Phi) is 4.79. The Morgan fingerprint density at radius 2 is 1.78 bits per heavy atom. The molecule has 8 heteroatoms. The minimum absolute atomic E-state index is 0.200. The third kappa shape index (κ3) is 3.73. The van der Waals surface area contributed by atoms with Gasteiger partial charge in [-0.3, -0.25) is 9.78 Å². The molecule has 0 unspecified atom stereocenters. The Labute approximate surface area is 139 Å². The van der Waals surface area contributed by atoms with Crippen molar-refractivity contribution < 1.29 is 9.47 Å². The van der Waals surface area contributed by atoms with E-state index in [2.05, 4.69) is 20.5 Å². The van der Waals surface area contributed by atoms with Crippen LogP contribution in [0.25, 0.3) is 0 Å². The maximum absolute atomic E-state index is 12.1. The third-order valence-electron chi connectivity index (χ3n) is 3.13. The van der Waals surface area contributed by atoms with Crippen molar-refractivity contribution >= 4 is 23.2 Å². The molecule has 2 rings (SSSR count). The van der Waals surface area contributed by atoms with E-state index in [0.29, 0.717) is 27.9 Å². The summed E-state index contributed by atoms with van der Waals surface area (Å²) in [6.07, 6.45) is 0. The van der Waals surface area contributed by atoms with Gasteiger partial charge in [0.15, 0.2) is 0 Å². The molecular weight excluding hydrogens is 320 g/mol. The van der Waals surface area contributed by atoms with Gasteiger partial charge in [-0.25, -0.2) is 0 Å². The molecule has 0 radical (unpaired) electrons. The minimum atomic E-state index is -0.389. The van der Waals surface area contributed by atoms with Crippen LogP contribution in [0.1, 0.15) is 26.5 Å². The van der Waals surface area contributed by atoms with Crippen LogP contribution in [-0.4, -0.2) is 29.4 Å². The molecule has 0 amide bonds. The predicted octanol–water partition coefficient (Wildman–Crippen LogP) is 2.88. The first-order chi connectivity index (χ1) is 10.8. The van der Waals surface area contributed by atoms with E-state index < -0.39 is 0 Å². The molecule has 1 heterocycles. The van der Waals surface area contributed by atoms with Gasteiger partial charge in [0.25, 0.3) is 5.56 Å². The summed E-state index contributed by atoms with van der Waals surface area (Å²) in [5, 5.41) is 11.4. The fourth-order valence-corrected chi connectivity index (χ4v) is 2.20. The molecule has 0 saturated heterocycles. The summed E-state index contributed by atoms with van der Waals surface area (Å²) in [6, 6.07) is 3.26. The molecule has 2 aromatic rings. The molecule has 0 aliphatic heterocycles. The maximum atomic E-state index is 12.1. The van der Waals surface area contributed by atoms with Gasteiger partial charge in [-0.1, -0.05) is 32.4 Å². The summed E-state index contributed by atoms with van der Waals surface area (Å²) in [6.45, 7) is 5.69. The Morgan fingerprint density at radius 1 is 1.13 bits per heavy atom. The molecule has 1 aromatic carbocycles. The van der Waals surface area contributed by atoms with Crippen LogP contribution >= 0.6 is 11.6 Å². The average Bonchev–Trinajstić information content (AvgIpc) is 2.47. The van der Waals surface area contributed by atoms with Crippen LogP contribution in [0.2, 0.25) is 5.02 Å². The molecule has 0 aliphatic rings. The minimum Gasteiger partial charge on any atom is -0.495 e. The van der Waals surface area contributed by atoms with Gasteiger partial charge in [-0.2, -0.15) is 0 Å². The molecule has 0 saturated carbocycles. The second-order valence-electron chi connectivity index (χ2n) is 5.91. The summed E-state index contributed by atoms with van der Waals surface area (Å²) in [4.78, 5) is 14.8. The number of H-pyrrole nitrogens is 1. The van der Waals surface area contributed by atoms with Crippen molar-refractivity contribution in [1.82, 2.24) is 15.2 Å². The summed E-state index contributed by atoms with van der Waals surface area (Å²) < 4.78 is 10.4. The highest BCUT2D eigenvalue weighted by Gasteiger charge is 2.21. The number of hydrogen-bond donors (Lipinski definition) is 2. The second kappa shape index (κ2) is 6.45. The van der Waals surface area contributed by atoms with Crippen molar-refractivity contribution in [2.75, 3.05) is 19.5 Å². The van der Waals surface area contributed by atoms with Crippen LogP contribution in [0, 0.1) is 0 Å². The van der Waals surface area contributed by atoms with Gasteiger partial charge in [0.2, 0.25) is 5.95 Å². The van der Waals surface area contributed by atoms with Crippen LogP contribution in [0.4, 0.5) is 11.6 Å². The van der Waals surface area contributed by atoms with E-state index >= 15 is 0 Å². The van der Waals surface area contributed by atoms with Crippen LogP contribution in [-0.2, 0) is 5.41 Å². The lowest BCUT2D eigenvalue weighted by Crippen LogP contribution is -2.28. The van der Waals surface area contributed by atoms with Crippen molar-refractivity contribution in [2.45, 2.75) is 26.2 Å². The smallest absolute Gasteiger partial charge is 0.274 e. The van der Waals surface area contributed by atoms with Gasteiger partial charge in [-0.05, 0) is 0 Å². The van der Waals surface area contributed by atoms with E-state index in [1.807, 2.05) is 20.8 Å². The first kappa shape index (κ1) is 17.1. The predicted molar refractivity (Wildman–Crippen MR) is 89.2 cm³/mol. The number of methoxy groups -OCH3 is 2. The molecule has 0 bridgehead atoms. The number of nitrogens with zero attached hydrogens (tertiary/aromatic N) is 2. The van der Waals surface area contributed by atoms with E-state index in [0.717, 1.165) is 0 Å². The van der Waals surface area contributed by atoms with Gasteiger partial charge in [0.1, 0.15) is 17.2 Å². The van der Waals surface area contributed by atoms with E-state index in [4.69, 9.17) is 21.1 Å². The average molecular weight is 339 g/mol. The van der Waals surface area contributed by atoms with Crippen molar-refractivity contribution in [3.05, 3.63) is 33.2 Å². The number of aromatic amines is 1. The molecule has 2 N–H and O–H groups in total. The standard InChI is InChI=1S/C15H19ClN4O3/c1-15(2,3)12-13(21)18-14(20-19-12)17-9-7-10(22-4)8(16)6-11(9)23-5/h6-7H,1-5H3,(H2,17,18,20,21). The molecule has 7 nitrogen and oxygen atoms in total. The fraction of sp³-hybridized carbons (Fsp3) is 0.400. The highest BCUT2D eigenvalue weighted by atomic mass is 35.5. The van der Waals surface area contributed by atoms with E-state index in [1.54, 1.807) is 12.1 Å². The van der Waals surface area contributed by atoms with Gasteiger partial charge in [0, 0.05) is 17.5 Å². The summed E-state index contributed by atoms with van der Waals surface area (Å²) in [5.41, 5.74) is 0.223. The molecule has 0 aliphatic carbocycles. The zero-order valence-electron chi connectivity index (χ0n) is 13.7. The quantitative estimate of drug-likeness (QED) is 0.891. The molecule has 23 heavy (non-hydrogen) atoms. The van der Waals surface area contributed by atoms with Gasteiger partial charge >= 0.3 is 0 Å². The Hall–Kier alpha value is -2.28. The molecule has 124 valence electrons. The van der Waals surface area contributed by atoms with Crippen molar-refractivity contribution in [2.24, 2.45) is 0 Å². The molecule has 0 spiro atoms. The third-order valence-corrected chi connectivity index (χ3v) is 3.43. The number of rotatable bonds is 4. The summed E-state index contributed by atoms with van der Waals surface area (Å²) in [5.74, 6) is 1.15. The molecular formula is C15H19ClN4O3. The Bertz CT molecular complexity index is 768. The number of hydrogen-bond acceptors (Lipinski definition) is 6. The number of anilines is 2. The SMILES string of the molecule is COc1cc(Nc2nnc(C(C)(C)C)c(=O)[nH]2)c(OC)cc1Cl. The first-order valence-corrected chi connectivity index (χ1v) is 7.30.